The van der Waals surface area contributed by atoms with Crippen molar-refractivity contribution in [3.8, 4) is 0 Å². The largest absolute Gasteiger partial charge is 0.452 e. The first-order chi connectivity index (χ1) is 12.5. The van der Waals surface area contributed by atoms with Crippen LogP contribution < -0.4 is 10.6 Å². The van der Waals surface area contributed by atoms with E-state index in [0.29, 0.717) is 31.2 Å². The van der Waals surface area contributed by atoms with Gasteiger partial charge in [0, 0.05) is 43.1 Å². The number of nitrogen functional groups attached to an aromatic ring is 1. The standard InChI is InChI=1S/C18H19ClN4O3/c19-13-4-5-14(15(20)11-13)18(25)26-12-17(24)23-9-7-22(8-10-23)16-3-1-2-6-21-16/h1-6,11H,7-10,12,20H2. The number of rotatable bonds is 4. The average molecular weight is 375 g/mol. The zero-order valence-electron chi connectivity index (χ0n) is 14.1. The first-order valence-electron chi connectivity index (χ1n) is 8.20. The van der Waals surface area contributed by atoms with E-state index >= 15 is 0 Å². The minimum absolute atomic E-state index is 0.196. The minimum atomic E-state index is -0.639. The van der Waals surface area contributed by atoms with E-state index in [1.165, 1.54) is 12.1 Å². The molecular weight excluding hydrogens is 356 g/mol. The molecule has 1 aromatic heterocycles. The summed E-state index contributed by atoms with van der Waals surface area (Å²) < 4.78 is 5.10. The highest BCUT2D eigenvalue weighted by molar-refractivity contribution is 6.31. The van der Waals surface area contributed by atoms with E-state index in [1.54, 1.807) is 17.2 Å². The molecule has 1 aliphatic rings. The van der Waals surface area contributed by atoms with Gasteiger partial charge in [0.15, 0.2) is 6.61 Å². The summed E-state index contributed by atoms with van der Waals surface area (Å²) in [6.07, 6.45) is 1.74. The third-order valence-corrected chi connectivity index (χ3v) is 4.40. The highest BCUT2D eigenvalue weighted by Crippen LogP contribution is 2.19. The van der Waals surface area contributed by atoms with E-state index in [9.17, 15) is 9.59 Å². The van der Waals surface area contributed by atoms with Crippen molar-refractivity contribution < 1.29 is 14.3 Å². The number of nitrogens with two attached hydrogens (primary N) is 1. The third-order valence-electron chi connectivity index (χ3n) is 4.17. The predicted octanol–water partition coefficient (Wildman–Crippen LogP) is 1.82. The Bertz CT molecular complexity index is 792. The lowest BCUT2D eigenvalue weighted by Crippen LogP contribution is -2.50. The van der Waals surface area contributed by atoms with Crippen molar-refractivity contribution in [3.05, 3.63) is 53.2 Å². The Morgan fingerprint density at radius 1 is 1.15 bits per heavy atom. The molecule has 0 spiro atoms. The molecular formula is C18H19ClN4O3. The molecule has 0 unspecified atom stereocenters. The Morgan fingerprint density at radius 2 is 1.92 bits per heavy atom. The van der Waals surface area contributed by atoms with Crippen LogP contribution in [0.4, 0.5) is 11.5 Å². The van der Waals surface area contributed by atoms with Crippen LogP contribution in [0.5, 0.6) is 0 Å². The number of amides is 1. The van der Waals surface area contributed by atoms with Crippen LogP contribution in [0.15, 0.2) is 42.6 Å². The third kappa shape index (κ3) is 4.23. The summed E-state index contributed by atoms with van der Waals surface area (Å²) in [6.45, 7) is 2.15. The quantitative estimate of drug-likeness (QED) is 0.648. The van der Waals surface area contributed by atoms with Gasteiger partial charge < -0.3 is 20.3 Å². The molecule has 1 fully saturated rings. The van der Waals surface area contributed by atoms with E-state index < -0.39 is 5.97 Å². The summed E-state index contributed by atoms with van der Waals surface area (Å²) in [4.78, 5) is 32.5. The molecule has 0 aliphatic carbocycles. The Labute approximate surface area is 156 Å². The highest BCUT2D eigenvalue weighted by atomic mass is 35.5. The number of carbonyl (C=O) groups is 2. The van der Waals surface area contributed by atoms with E-state index in [2.05, 4.69) is 9.88 Å². The van der Waals surface area contributed by atoms with Crippen LogP contribution in [0.1, 0.15) is 10.4 Å². The molecule has 0 atom stereocenters. The molecule has 1 aromatic carbocycles. The van der Waals surface area contributed by atoms with E-state index in [0.717, 1.165) is 5.82 Å². The molecule has 8 heteroatoms. The summed E-state index contributed by atoms with van der Waals surface area (Å²) in [7, 11) is 0. The fourth-order valence-electron chi connectivity index (χ4n) is 2.74. The monoisotopic (exact) mass is 374 g/mol. The number of nitrogens with zero attached hydrogens (tertiary/aromatic N) is 3. The fourth-order valence-corrected chi connectivity index (χ4v) is 2.92. The van der Waals surface area contributed by atoms with Crippen LogP contribution >= 0.6 is 11.6 Å². The van der Waals surface area contributed by atoms with Crippen molar-refractivity contribution in [1.29, 1.82) is 0 Å². The van der Waals surface area contributed by atoms with Crippen molar-refractivity contribution in [2.45, 2.75) is 0 Å². The van der Waals surface area contributed by atoms with Crippen molar-refractivity contribution in [3.63, 3.8) is 0 Å². The number of benzene rings is 1. The Kier molecular flexibility index (Phi) is 5.58. The number of aromatic nitrogens is 1. The topological polar surface area (TPSA) is 88.8 Å². The van der Waals surface area contributed by atoms with Gasteiger partial charge in [0.25, 0.3) is 5.91 Å². The number of esters is 1. The second-order valence-electron chi connectivity index (χ2n) is 5.86. The predicted molar refractivity (Wildman–Crippen MR) is 99.2 cm³/mol. The number of hydrogen-bond acceptors (Lipinski definition) is 6. The lowest BCUT2D eigenvalue weighted by Gasteiger charge is -2.35. The van der Waals surface area contributed by atoms with Gasteiger partial charge in [-0.2, -0.15) is 0 Å². The number of pyridine rings is 1. The summed E-state index contributed by atoms with van der Waals surface area (Å²) in [6, 6.07) is 10.2. The van der Waals surface area contributed by atoms with Crippen LogP contribution in [-0.2, 0) is 9.53 Å². The molecule has 0 bridgehead atoms. The average Bonchev–Trinajstić information content (AvgIpc) is 2.66. The van der Waals surface area contributed by atoms with Gasteiger partial charge in [-0.3, -0.25) is 4.79 Å². The lowest BCUT2D eigenvalue weighted by atomic mass is 10.2. The molecule has 26 heavy (non-hydrogen) atoms. The molecule has 1 aliphatic heterocycles. The molecule has 2 N–H and O–H groups in total. The first kappa shape index (κ1) is 18.0. The molecule has 2 heterocycles. The van der Waals surface area contributed by atoms with Crippen LogP contribution in [-0.4, -0.2) is 54.5 Å². The Morgan fingerprint density at radius 3 is 2.58 bits per heavy atom. The van der Waals surface area contributed by atoms with E-state index in [1.807, 2.05) is 18.2 Å². The van der Waals surface area contributed by atoms with Gasteiger partial charge in [0.1, 0.15) is 5.82 Å². The maximum atomic E-state index is 12.3. The summed E-state index contributed by atoms with van der Waals surface area (Å²) >= 11 is 5.81. The number of anilines is 2. The molecule has 1 saturated heterocycles. The zero-order chi connectivity index (χ0) is 18.5. The summed E-state index contributed by atoms with van der Waals surface area (Å²) in [5.74, 6) is 0.0236. The van der Waals surface area contributed by atoms with Crippen molar-refractivity contribution in [2.24, 2.45) is 0 Å². The number of piperazine rings is 1. The van der Waals surface area contributed by atoms with Crippen LogP contribution in [0.25, 0.3) is 0 Å². The normalized spacial score (nSPS) is 14.2. The lowest BCUT2D eigenvalue weighted by molar-refractivity contribution is -0.134. The van der Waals surface area contributed by atoms with Crippen LogP contribution in [0.3, 0.4) is 0 Å². The van der Waals surface area contributed by atoms with Crippen molar-refractivity contribution in [1.82, 2.24) is 9.88 Å². The van der Waals surface area contributed by atoms with Crippen LogP contribution in [0, 0.1) is 0 Å². The second-order valence-corrected chi connectivity index (χ2v) is 6.30. The van der Waals surface area contributed by atoms with Gasteiger partial charge in [-0.15, -0.1) is 0 Å². The number of ether oxygens (including phenoxy) is 1. The maximum absolute atomic E-state index is 12.3. The van der Waals surface area contributed by atoms with Gasteiger partial charge in [-0.25, -0.2) is 9.78 Å². The number of carbonyl (C=O) groups excluding carboxylic acids is 2. The van der Waals surface area contributed by atoms with Crippen LogP contribution in [0.2, 0.25) is 5.02 Å². The molecule has 1 amide bonds. The SMILES string of the molecule is Nc1cc(Cl)ccc1C(=O)OCC(=O)N1CCN(c2ccccn2)CC1. The zero-order valence-corrected chi connectivity index (χ0v) is 14.9. The second kappa shape index (κ2) is 8.05. The number of halogens is 1. The molecule has 136 valence electrons. The van der Waals surface area contributed by atoms with Gasteiger partial charge >= 0.3 is 5.97 Å². The fraction of sp³-hybridized carbons (Fsp3) is 0.278. The molecule has 0 saturated carbocycles. The first-order valence-corrected chi connectivity index (χ1v) is 8.58. The van der Waals surface area contributed by atoms with Gasteiger partial charge in [-0.1, -0.05) is 17.7 Å². The van der Waals surface area contributed by atoms with E-state index in [4.69, 9.17) is 22.1 Å². The van der Waals surface area contributed by atoms with E-state index in [-0.39, 0.29) is 23.8 Å². The Hall–Kier alpha value is -2.80. The van der Waals surface area contributed by atoms with Gasteiger partial charge in [-0.05, 0) is 30.3 Å². The smallest absolute Gasteiger partial charge is 0.340 e. The maximum Gasteiger partial charge on any atom is 0.340 e. The number of hydrogen-bond donors (Lipinski definition) is 1. The molecule has 3 rings (SSSR count). The Balaban J connectivity index is 1.49. The minimum Gasteiger partial charge on any atom is -0.452 e. The van der Waals surface area contributed by atoms with Gasteiger partial charge in [0.2, 0.25) is 0 Å². The molecule has 2 aromatic rings. The van der Waals surface area contributed by atoms with Crippen molar-refractivity contribution >= 4 is 35.0 Å². The summed E-state index contributed by atoms with van der Waals surface area (Å²) in [5.41, 5.74) is 6.17. The van der Waals surface area contributed by atoms with Crippen molar-refractivity contribution in [2.75, 3.05) is 43.4 Å². The van der Waals surface area contributed by atoms with Gasteiger partial charge in [0.05, 0.1) is 5.56 Å². The highest BCUT2D eigenvalue weighted by Gasteiger charge is 2.23. The summed E-state index contributed by atoms with van der Waals surface area (Å²) in [5, 5.41) is 0.431. The molecule has 0 radical (unpaired) electrons. The molecule has 7 nitrogen and oxygen atoms in total.